The summed E-state index contributed by atoms with van der Waals surface area (Å²) in [6.07, 6.45) is 5.97. The van der Waals surface area contributed by atoms with Crippen molar-refractivity contribution in [1.29, 1.82) is 0 Å². The standard InChI is InChI=1S/C24H34N4O4/c1-32-15-14-27(17-18-8-7-13-26-12-6-5-11-21(18)26)22(29)16-20-23(30)28(24(31)25-20)19-9-3-2-4-10-19/h2-4,9-10,18,20-21H,5-8,11-17H2,1H3,(H,25,31)/t18-,20+,21-/m0/s1. The molecule has 8 nitrogen and oxygen atoms in total. The highest BCUT2D eigenvalue weighted by molar-refractivity contribution is 6.22. The van der Waals surface area contributed by atoms with Gasteiger partial charge >= 0.3 is 6.03 Å². The van der Waals surface area contributed by atoms with Gasteiger partial charge in [0.15, 0.2) is 0 Å². The largest absolute Gasteiger partial charge is 0.383 e. The SMILES string of the molecule is COCCN(C[C@@H]1CCCN2CCCC[C@@H]12)C(=O)C[C@H]1NC(=O)N(c2ccccc2)C1=O. The number of piperidine rings is 2. The maximum Gasteiger partial charge on any atom is 0.329 e. The van der Waals surface area contributed by atoms with Gasteiger partial charge in [-0.15, -0.1) is 0 Å². The smallest absolute Gasteiger partial charge is 0.329 e. The third-order valence-electron chi connectivity index (χ3n) is 7.01. The average Bonchev–Trinajstić information content (AvgIpc) is 3.09. The minimum Gasteiger partial charge on any atom is -0.383 e. The van der Waals surface area contributed by atoms with E-state index in [0.717, 1.165) is 30.8 Å². The Morgan fingerprint density at radius 3 is 2.69 bits per heavy atom. The number of amides is 4. The van der Waals surface area contributed by atoms with Crippen molar-refractivity contribution in [2.45, 2.75) is 50.6 Å². The van der Waals surface area contributed by atoms with Crippen molar-refractivity contribution in [3.05, 3.63) is 30.3 Å². The number of benzene rings is 1. The summed E-state index contributed by atoms with van der Waals surface area (Å²) in [7, 11) is 1.63. The van der Waals surface area contributed by atoms with Crippen molar-refractivity contribution in [3.63, 3.8) is 0 Å². The van der Waals surface area contributed by atoms with Crippen LogP contribution in [0.5, 0.6) is 0 Å². The Kier molecular flexibility index (Phi) is 7.42. The highest BCUT2D eigenvalue weighted by Crippen LogP contribution is 2.31. The van der Waals surface area contributed by atoms with Crippen LogP contribution in [-0.2, 0) is 14.3 Å². The van der Waals surface area contributed by atoms with E-state index in [4.69, 9.17) is 4.74 Å². The summed E-state index contributed by atoms with van der Waals surface area (Å²) in [6.45, 7) is 3.95. The Balaban J connectivity index is 1.42. The first-order chi connectivity index (χ1) is 15.6. The molecule has 4 amide bonds. The van der Waals surface area contributed by atoms with Crippen molar-refractivity contribution in [2.75, 3.05) is 44.8 Å². The van der Waals surface area contributed by atoms with E-state index in [1.165, 1.54) is 19.3 Å². The van der Waals surface area contributed by atoms with E-state index in [2.05, 4.69) is 10.2 Å². The molecule has 0 bridgehead atoms. The molecule has 1 N–H and O–H groups in total. The van der Waals surface area contributed by atoms with Crippen LogP contribution in [-0.4, -0.2) is 79.6 Å². The van der Waals surface area contributed by atoms with E-state index in [1.807, 2.05) is 11.0 Å². The zero-order valence-corrected chi connectivity index (χ0v) is 18.9. The number of para-hydroxylation sites is 1. The highest BCUT2D eigenvalue weighted by atomic mass is 16.5. The zero-order chi connectivity index (χ0) is 22.5. The number of carbonyl (C=O) groups excluding carboxylic acids is 3. The lowest BCUT2D eigenvalue weighted by atomic mass is 9.83. The van der Waals surface area contributed by atoms with Gasteiger partial charge in [-0.25, -0.2) is 9.69 Å². The predicted octanol–water partition coefficient (Wildman–Crippen LogP) is 2.24. The number of ether oxygens (including phenoxy) is 1. The van der Waals surface area contributed by atoms with Crippen LogP contribution in [0.15, 0.2) is 30.3 Å². The zero-order valence-electron chi connectivity index (χ0n) is 18.9. The van der Waals surface area contributed by atoms with Gasteiger partial charge in [-0.1, -0.05) is 24.6 Å². The van der Waals surface area contributed by atoms with Gasteiger partial charge < -0.3 is 19.9 Å². The minimum absolute atomic E-state index is 0.0290. The number of hydrogen-bond donors (Lipinski definition) is 1. The van der Waals surface area contributed by atoms with Gasteiger partial charge in [0.25, 0.3) is 5.91 Å². The van der Waals surface area contributed by atoms with Crippen LogP contribution < -0.4 is 10.2 Å². The van der Waals surface area contributed by atoms with E-state index in [0.29, 0.717) is 37.3 Å². The average molecular weight is 443 g/mol. The van der Waals surface area contributed by atoms with E-state index in [1.54, 1.807) is 31.4 Å². The Morgan fingerprint density at radius 1 is 1.12 bits per heavy atom. The first kappa shape index (κ1) is 22.7. The molecule has 0 unspecified atom stereocenters. The third kappa shape index (κ3) is 4.96. The lowest BCUT2D eigenvalue weighted by Crippen LogP contribution is -2.52. The number of rotatable bonds is 8. The molecule has 3 atom stereocenters. The van der Waals surface area contributed by atoms with Crippen molar-refractivity contribution in [2.24, 2.45) is 5.92 Å². The molecule has 0 radical (unpaired) electrons. The second-order valence-electron chi connectivity index (χ2n) is 9.05. The van der Waals surface area contributed by atoms with Gasteiger partial charge in [0.2, 0.25) is 5.91 Å². The molecule has 3 heterocycles. The molecule has 3 aliphatic rings. The van der Waals surface area contributed by atoms with Crippen molar-refractivity contribution >= 4 is 23.5 Å². The van der Waals surface area contributed by atoms with Crippen LogP contribution in [0.3, 0.4) is 0 Å². The summed E-state index contributed by atoms with van der Waals surface area (Å²) in [5, 5.41) is 2.69. The summed E-state index contributed by atoms with van der Waals surface area (Å²) in [5.74, 6) is -0.0412. The molecule has 0 aromatic heterocycles. The number of nitrogens with zero attached hydrogens (tertiary/aromatic N) is 3. The second kappa shape index (κ2) is 10.4. The van der Waals surface area contributed by atoms with Crippen LogP contribution in [0, 0.1) is 5.92 Å². The Hall–Kier alpha value is -2.45. The topological polar surface area (TPSA) is 82.2 Å². The van der Waals surface area contributed by atoms with Crippen molar-refractivity contribution < 1.29 is 19.1 Å². The summed E-state index contributed by atoms with van der Waals surface area (Å²) in [6, 6.07) is 8.04. The molecule has 0 spiro atoms. The van der Waals surface area contributed by atoms with E-state index < -0.39 is 12.1 Å². The van der Waals surface area contributed by atoms with Crippen molar-refractivity contribution in [1.82, 2.24) is 15.1 Å². The first-order valence-electron chi connectivity index (χ1n) is 11.8. The van der Waals surface area contributed by atoms with Gasteiger partial charge in [0.05, 0.1) is 18.7 Å². The number of anilines is 1. The predicted molar refractivity (Wildman–Crippen MR) is 121 cm³/mol. The van der Waals surface area contributed by atoms with Crippen LogP contribution in [0.2, 0.25) is 0 Å². The maximum absolute atomic E-state index is 13.3. The fraction of sp³-hybridized carbons (Fsp3) is 0.625. The molecule has 174 valence electrons. The number of hydrogen-bond acceptors (Lipinski definition) is 5. The van der Waals surface area contributed by atoms with E-state index in [9.17, 15) is 14.4 Å². The summed E-state index contributed by atoms with van der Waals surface area (Å²) < 4.78 is 5.25. The number of nitrogens with one attached hydrogen (secondary N) is 1. The van der Waals surface area contributed by atoms with Crippen LogP contribution in [0.25, 0.3) is 0 Å². The molecule has 3 aliphatic heterocycles. The van der Waals surface area contributed by atoms with Gasteiger partial charge in [-0.3, -0.25) is 9.59 Å². The molecule has 1 aromatic rings. The van der Waals surface area contributed by atoms with Gasteiger partial charge in [0, 0.05) is 26.2 Å². The third-order valence-corrected chi connectivity index (χ3v) is 7.01. The Labute approximate surface area is 189 Å². The van der Waals surface area contributed by atoms with E-state index >= 15 is 0 Å². The van der Waals surface area contributed by atoms with E-state index in [-0.39, 0.29) is 18.2 Å². The van der Waals surface area contributed by atoms with Crippen molar-refractivity contribution in [3.8, 4) is 0 Å². The summed E-state index contributed by atoms with van der Waals surface area (Å²) >= 11 is 0. The first-order valence-corrected chi connectivity index (χ1v) is 11.8. The monoisotopic (exact) mass is 442 g/mol. The van der Waals surface area contributed by atoms with Gasteiger partial charge in [0.1, 0.15) is 6.04 Å². The normalized spacial score (nSPS) is 26.0. The fourth-order valence-corrected chi connectivity index (χ4v) is 5.39. The second-order valence-corrected chi connectivity index (χ2v) is 9.05. The molecule has 0 saturated carbocycles. The molecular weight excluding hydrogens is 408 g/mol. The molecular formula is C24H34N4O4. The van der Waals surface area contributed by atoms with Crippen LogP contribution >= 0.6 is 0 Å². The quantitative estimate of drug-likeness (QED) is 0.625. The fourth-order valence-electron chi connectivity index (χ4n) is 5.39. The highest BCUT2D eigenvalue weighted by Gasteiger charge is 2.41. The number of urea groups is 1. The Morgan fingerprint density at radius 2 is 1.91 bits per heavy atom. The molecule has 0 aliphatic carbocycles. The number of imide groups is 1. The number of carbonyl (C=O) groups is 3. The van der Waals surface area contributed by atoms with Gasteiger partial charge in [-0.2, -0.15) is 0 Å². The molecule has 32 heavy (non-hydrogen) atoms. The number of fused-ring (bicyclic) bond motifs is 1. The lowest BCUT2D eigenvalue weighted by molar-refractivity contribution is -0.135. The van der Waals surface area contributed by atoms with Crippen LogP contribution in [0.1, 0.15) is 38.5 Å². The minimum atomic E-state index is -0.835. The summed E-state index contributed by atoms with van der Waals surface area (Å²) in [4.78, 5) is 44.2. The summed E-state index contributed by atoms with van der Waals surface area (Å²) in [5.41, 5.74) is 0.515. The molecule has 1 aromatic carbocycles. The Bertz CT molecular complexity index is 815. The van der Waals surface area contributed by atoms with Gasteiger partial charge in [-0.05, 0) is 56.8 Å². The molecule has 8 heteroatoms. The lowest BCUT2D eigenvalue weighted by Gasteiger charge is -2.45. The molecule has 4 rings (SSSR count). The molecule has 3 saturated heterocycles. The molecule has 3 fully saturated rings. The number of methoxy groups -OCH3 is 1. The maximum atomic E-state index is 13.3. The van der Waals surface area contributed by atoms with Crippen LogP contribution in [0.4, 0.5) is 10.5 Å².